The minimum absolute atomic E-state index is 0.137. The van der Waals surface area contributed by atoms with Crippen molar-refractivity contribution in [3.05, 3.63) is 71.4 Å². The highest BCUT2D eigenvalue weighted by Gasteiger charge is 2.51. The molecule has 0 aliphatic carbocycles. The van der Waals surface area contributed by atoms with Gasteiger partial charge in [-0.05, 0) is 81.5 Å². The fourth-order valence-corrected chi connectivity index (χ4v) is 8.20. The quantitative estimate of drug-likeness (QED) is 0.423. The number of benzene rings is 2. The van der Waals surface area contributed by atoms with Crippen molar-refractivity contribution in [2.45, 2.75) is 63.4 Å². The summed E-state index contributed by atoms with van der Waals surface area (Å²) in [6.45, 7) is 8.16. The Labute approximate surface area is 224 Å². The summed E-state index contributed by atoms with van der Waals surface area (Å²) in [5.41, 5.74) is 4.49. The van der Waals surface area contributed by atoms with E-state index in [1.165, 1.54) is 0 Å². The van der Waals surface area contributed by atoms with Gasteiger partial charge in [-0.25, -0.2) is 17.9 Å². The minimum Gasteiger partial charge on any atom is -0.461 e. The number of nitrogens with zero attached hydrogens (tertiary/aromatic N) is 2. The van der Waals surface area contributed by atoms with Gasteiger partial charge in [-0.15, -0.1) is 0 Å². The van der Waals surface area contributed by atoms with Crippen molar-refractivity contribution >= 4 is 32.6 Å². The third-order valence-electron chi connectivity index (χ3n) is 8.74. The van der Waals surface area contributed by atoms with Gasteiger partial charge in [0.05, 0.1) is 23.1 Å². The van der Waals surface area contributed by atoms with E-state index in [4.69, 9.17) is 4.74 Å². The molecule has 0 amide bonds. The Hall–Kier alpha value is -2.94. The molecule has 1 unspecified atom stereocenters. The van der Waals surface area contributed by atoms with E-state index < -0.39 is 10.0 Å². The number of carbonyl (C=O) groups is 1. The molecular formula is C30H35N3O4S. The Morgan fingerprint density at radius 2 is 1.95 bits per heavy atom. The summed E-state index contributed by atoms with van der Waals surface area (Å²) in [4.78, 5) is 16.1. The van der Waals surface area contributed by atoms with Crippen molar-refractivity contribution in [1.29, 1.82) is 0 Å². The Kier molecular flexibility index (Phi) is 6.24. The summed E-state index contributed by atoms with van der Waals surface area (Å²) in [5, 5.41) is 0.905. The van der Waals surface area contributed by atoms with Gasteiger partial charge in [-0.2, -0.15) is 0 Å². The van der Waals surface area contributed by atoms with E-state index in [-0.39, 0.29) is 28.4 Å². The third kappa shape index (κ3) is 3.84. The molecule has 3 aromatic rings. The first-order valence-corrected chi connectivity index (χ1v) is 15.2. The van der Waals surface area contributed by atoms with Crippen molar-refractivity contribution in [2.75, 3.05) is 19.7 Å². The number of nitrogens with one attached hydrogen (secondary N) is 1. The van der Waals surface area contributed by atoms with Crippen LogP contribution < -0.4 is 4.72 Å². The lowest BCUT2D eigenvalue weighted by Crippen LogP contribution is -2.51. The van der Waals surface area contributed by atoms with Gasteiger partial charge in [0, 0.05) is 29.1 Å². The predicted octanol–water partition coefficient (Wildman–Crippen LogP) is 5.19. The smallest absolute Gasteiger partial charge is 0.354 e. The maximum Gasteiger partial charge on any atom is 0.354 e. The van der Waals surface area contributed by atoms with Crippen LogP contribution in [0, 0.1) is 5.41 Å². The molecule has 0 saturated carbocycles. The molecule has 0 radical (unpaired) electrons. The Balaban J connectivity index is 1.50. The SMILES string of the molecule is CCOC(=O)C1=C[C@]2(CC)CCCN3CCc4c(n1c1ccc(S(=O)(=O)NC(C)c5ccccc5)cc41)[C@@H]32. The molecule has 7 nitrogen and oxygen atoms in total. The van der Waals surface area contributed by atoms with Crippen LogP contribution in [0.4, 0.5) is 0 Å². The zero-order valence-corrected chi connectivity index (χ0v) is 23.1. The van der Waals surface area contributed by atoms with Gasteiger partial charge in [0.1, 0.15) is 5.70 Å². The lowest BCUT2D eigenvalue weighted by atomic mass is 9.66. The lowest BCUT2D eigenvalue weighted by molar-refractivity contribution is -0.136. The molecule has 2 aromatic carbocycles. The number of sulfonamides is 1. The summed E-state index contributed by atoms with van der Waals surface area (Å²) >= 11 is 0. The van der Waals surface area contributed by atoms with Crippen LogP contribution in [0.5, 0.6) is 0 Å². The maximum absolute atomic E-state index is 13.5. The first-order chi connectivity index (χ1) is 18.3. The Morgan fingerprint density at radius 3 is 2.68 bits per heavy atom. The molecular weight excluding hydrogens is 498 g/mol. The number of hydrogen-bond acceptors (Lipinski definition) is 5. The second-order valence-electron chi connectivity index (χ2n) is 10.8. The molecule has 3 aliphatic rings. The van der Waals surface area contributed by atoms with E-state index in [2.05, 4.69) is 27.2 Å². The molecule has 0 bridgehead atoms. The van der Waals surface area contributed by atoms with E-state index in [0.29, 0.717) is 12.3 Å². The largest absolute Gasteiger partial charge is 0.461 e. The van der Waals surface area contributed by atoms with E-state index in [1.807, 2.05) is 50.2 Å². The minimum atomic E-state index is -3.77. The van der Waals surface area contributed by atoms with Crippen LogP contribution in [-0.2, 0) is 26.0 Å². The lowest BCUT2D eigenvalue weighted by Gasteiger charge is -2.53. The van der Waals surface area contributed by atoms with Crippen molar-refractivity contribution < 1.29 is 17.9 Å². The molecule has 8 heteroatoms. The molecule has 200 valence electrons. The van der Waals surface area contributed by atoms with Gasteiger partial charge in [0.15, 0.2) is 0 Å². The summed E-state index contributed by atoms with van der Waals surface area (Å²) in [6.07, 6.45) is 6.04. The van der Waals surface area contributed by atoms with Crippen LogP contribution in [-0.4, -0.2) is 43.6 Å². The number of carbonyl (C=O) groups excluding carboxylic acids is 1. The van der Waals surface area contributed by atoms with Crippen LogP contribution >= 0.6 is 0 Å². The number of piperidine rings is 1. The topological polar surface area (TPSA) is 80.6 Å². The van der Waals surface area contributed by atoms with Gasteiger partial charge in [0.25, 0.3) is 0 Å². The van der Waals surface area contributed by atoms with Crippen molar-refractivity contribution in [2.24, 2.45) is 5.41 Å². The molecule has 0 spiro atoms. The van der Waals surface area contributed by atoms with Crippen LogP contribution in [0.2, 0.25) is 0 Å². The molecule has 1 fully saturated rings. The van der Waals surface area contributed by atoms with E-state index >= 15 is 0 Å². The van der Waals surface area contributed by atoms with E-state index in [9.17, 15) is 13.2 Å². The van der Waals surface area contributed by atoms with Crippen molar-refractivity contribution in [3.8, 4) is 0 Å². The van der Waals surface area contributed by atoms with Crippen LogP contribution in [0.15, 0.2) is 59.5 Å². The summed E-state index contributed by atoms with van der Waals surface area (Å²) in [7, 11) is -3.77. The molecule has 1 saturated heterocycles. The van der Waals surface area contributed by atoms with Crippen LogP contribution in [0.3, 0.4) is 0 Å². The number of ether oxygens (including phenoxy) is 1. The molecule has 6 rings (SSSR count). The highest BCUT2D eigenvalue weighted by molar-refractivity contribution is 7.89. The standard InChI is InChI=1S/C30H35N3O4S/c1-4-30-15-9-16-32-17-14-23-24-18-22(38(35,36)31-20(3)21-10-7-6-8-11-21)12-13-25(24)33(27(23)28(30)32)26(19-30)29(34)37-5-2/h6-8,10-13,18-20,28,31H,4-5,9,14-17H2,1-3H3/t20?,28-,30+/m1/s1. The highest BCUT2D eigenvalue weighted by atomic mass is 32.2. The van der Waals surface area contributed by atoms with Gasteiger partial charge >= 0.3 is 5.97 Å². The summed E-state index contributed by atoms with van der Waals surface area (Å²) in [6, 6.07) is 14.7. The molecule has 38 heavy (non-hydrogen) atoms. The first-order valence-electron chi connectivity index (χ1n) is 13.7. The number of aromatic nitrogens is 1. The van der Waals surface area contributed by atoms with E-state index in [1.54, 1.807) is 12.1 Å². The number of rotatable bonds is 7. The maximum atomic E-state index is 13.5. The number of fused-ring (bicyclic) bond motifs is 3. The van der Waals surface area contributed by atoms with Crippen molar-refractivity contribution in [3.63, 3.8) is 0 Å². The zero-order valence-electron chi connectivity index (χ0n) is 22.2. The van der Waals surface area contributed by atoms with Gasteiger partial charge in [-0.1, -0.05) is 37.3 Å². The average Bonchev–Trinajstić information content (AvgIpc) is 3.26. The highest BCUT2D eigenvalue weighted by Crippen LogP contribution is 2.57. The van der Waals surface area contributed by atoms with Crippen LogP contribution in [0.1, 0.15) is 68.9 Å². The van der Waals surface area contributed by atoms with Crippen LogP contribution in [0.25, 0.3) is 16.6 Å². The molecule has 1 aromatic heterocycles. The van der Waals surface area contributed by atoms with Crippen molar-refractivity contribution in [1.82, 2.24) is 14.2 Å². The predicted molar refractivity (Wildman–Crippen MR) is 148 cm³/mol. The number of esters is 1. The molecule has 4 heterocycles. The number of hydrogen-bond donors (Lipinski definition) is 1. The Bertz CT molecular complexity index is 1540. The molecule has 3 aliphatic heterocycles. The zero-order chi connectivity index (χ0) is 26.7. The van der Waals surface area contributed by atoms with Gasteiger partial charge in [-0.3, -0.25) is 4.90 Å². The summed E-state index contributed by atoms with van der Waals surface area (Å²) < 4.78 is 37.4. The van der Waals surface area contributed by atoms with Gasteiger partial charge in [0.2, 0.25) is 10.0 Å². The first kappa shape index (κ1) is 25.3. The summed E-state index contributed by atoms with van der Waals surface area (Å²) in [5.74, 6) is -0.323. The molecule has 3 atom stereocenters. The fraction of sp³-hybridized carbons (Fsp3) is 0.433. The second-order valence-corrected chi connectivity index (χ2v) is 12.5. The fourth-order valence-electron chi connectivity index (χ4n) is 6.94. The average molecular weight is 534 g/mol. The van der Waals surface area contributed by atoms with Gasteiger partial charge < -0.3 is 9.30 Å². The van der Waals surface area contributed by atoms with E-state index in [0.717, 1.165) is 66.5 Å². The monoisotopic (exact) mass is 533 g/mol. The normalized spacial score (nSPS) is 23.6. The second kappa shape index (κ2) is 9.36. The molecule has 1 N–H and O–H groups in total. The third-order valence-corrected chi connectivity index (χ3v) is 10.3. The Morgan fingerprint density at radius 1 is 1.16 bits per heavy atom.